The number of carbonyl (C=O) groups is 5. The fraction of sp³-hybridized carbons (Fsp3) is 0.674. The number of unbranched alkanes of at least 4 members (excludes halogenated alkanes) is 3. The Labute approximate surface area is 348 Å². The Bertz CT molecular complexity index is 1660. The molecule has 0 saturated carbocycles. The summed E-state index contributed by atoms with van der Waals surface area (Å²) in [5.74, 6) is -3.72. The third-order valence-corrected chi connectivity index (χ3v) is 12.3. The van der Waals surface area contributed by atoms with Gasteiger partial charge >= 0.3 is 12.1 Å². The second-order valence-corrected chi connectivity index (χ2v) is 17.9. The molecule has 1 aromatic heterocycles. The molecule has 1 aliphatic rings. The molecule has 1 aliphatic heterocycles. The smallest absolute Gasteiger partial charge is 0.407 e. The predicted molar refractivity (Wildman–Crippen MR) is 226 cm³/mol. The second-order valence-electron chi connectivity index (χ2n) is 17.0. The number of anilines is 1. The van der Waals surface area contributed by atoms with Crippen LogP contribution in [0.4, 0.5) is 10.6 Å². The van der Waals surface area contributed by atoms with Gasteiger partial charge in [0.15, 0.2) is 6.10 Å². The third kappa shape index (κ3) is 14.0. The Kier molecular flexibility index (Phi) is 18.4. The lowest BCUT2D eigenvalue weighted by Crippen LogP contribution is -2.58. The number of alkyl carbamates (subject to hydrolysis) is 1. The lowest BCUT2D eigenvalue weighted by Gasteiger charge is -2.39. The van der Waals surface area contributed by atoms with Crippen molar-refractivity contribution in [3.8, 4) is 5.75 Å². The number of nitrogens with zero attached hydrogens (tertiary/aromatic N) is 2. The topological polar surface area (TPSA) is 199 Å². The Morgan fingerprint density at radius 3 is 2.31 bits per heavy atom. The van der Waals surface area contributed by atoms with Gasteiger partial charge in [-0.2, -0.15) is 0 Å². The first-order valence-corrected chi connectivity index (χ1v) is 21.8. The SMILES string of the molecule is CCCCCCN(C(=O)[C@H](C(=O)N[C@]1(C)CCCN1)[C@@H](C)CC)[C@H](C[C@@H](OC(=O)NC)c1nc(NC(=O)[C@@H](Cc2ccc(O)cc2)CC(C)(C)C(=O)O)cs1)C(C)C. The number of aromatic nitrogens is 1. The number of hydrogen-bond acceptors (Lipinski definition) is 10. The summed E-state index contributed by atoms with van der Waals surface area (Å²) in [6.45, 7) is 16.4. The molecule has 3 rings (SSSR count). The first-order valence-electron chi connectivity index (χ1n) is 20.9. The van der Waals surface area contributed by atoms with Crippen molar-refractivity contribution >= 4 is 46.9 Å². The van der Waals surface area contributed by atoms with Crippen LogP contribution in [-0.4, -0.2) is 81.7 Å². The molecule has 14 nitrogen and oxygen atoms in total. The Balaban J connectivity index is 1.97. The molecule has 15 heteroatoms. The monoisotopic (exact) mass is 828 g/mol. The molecule has 0 spiro atoms. The van der Waals surface area contributed by atoms with Crippen molar-refractivity contribution in [2.75, 3.05) is 25.5 Å². The molecular formula is C43H68N6O8S. The molecule has 0 unspecified atom stereocenters. The highest BCUT2D eigenvalue weighted by Crippen LogP contribution is 2.35. The van der Waals surface area contributed by atoms with Gasteiger partial charge in [-0.15, -0.1) is 11.3 Å². The fourth-order valence-corrected chi connectivity index (χ4v) is 8.28. The van der Waals surface area contributed by atoms with Crippen molar-refractivity contribution in [3.63, 3.8) is 0 Å². The van der Waals surface area contributed by atoms with Gasteiger partial charge < -0.3 is 35.8 Å². The van der Waals surface area contributed by atoms with Crippen LogP contribution in [0.15, 0.2) is 29.6 Å². The van der Waals surface area contributed by atoms with Gasteiger partial charge in [-0.25, -0.2) is 9.78 Å². The van der Waals surface area contributed by atoms with Gasteiger partial charge in [0, 0.05) is 37.4 Å². The minimum atomic E-state index is -1.20. The highest BCUT2D eigenvalue weighted by molar-refractivity contribution is 7.10. The number of amides is 4. The molecule has 1 fully saturated rings. The molecule has 1 aromatic carbocycles. The molecule has 2 aromatic rings. The number of nitrogens with one attached hydrogen (secondary N) is 4. The zero-order valence-electron chi connectivity index (χ0n) is 36.0. The molecule has 6 N–H and O–H groups in total. The van der Waals surface area contributed by atoms with Gasteiger partial charge in [-0.3, -0.25) is 24.5 Å². The zero-order valence-corrected chi connectivity index (χ0v) is 36.8. The first kappa shape index (κ1) is 48.1. The first-order chi connectivity index (χ1) is 27.3. The highest BCUT2D eigenvalue weighted by atomic mass is 32.1. The van der Waals surface area contributed by atoms with Crippen LogP contribution in [-0.2, 0) is 30.3 Å². The van der Waals surface area contributed by atoms with Crippen molar-refractivity contribution in [2.45, 2.75) is 137 Å². The van der Waals surface area contributed by atoms with E-state index in [9.17, 15) is 34.2 Å². The van der Waals surface area contributed by atoms with Crippen molar-refractivity contribution in [3.05, 3.63) is 40.2 Å². The summed E-state index contributed by atoms with van der Waals surface area (Å²) in [5, 5.41) is 33.6. The molecule has 0 bridgehead atoms. The summed E-state index contributed by atoms with van der Waals surface area (Å²) < 4.78 is 5.94. The maximum Gasteiger partial charge on any atom is 0.407 e. The van der Waals surface area contributed by atoms with Crippen LogP contribution in [0, 0.1) is 29.1 Å². The number of carbonyl (C=O) groups excluding carboxylic acids is 4. The van der Waals surface area contributed by atoms with Crippen molar-refractivity contribution in [1.82, 2.24) is 25.8 Å². The minimum Gasteiger partial charge on any atom is -0.508 e. The normalized spacial score (nSPS) is 18.1. The number of thiazole rings is 1. The van der Waals surface area contributed by atoms with Crippen LogP contribution in [0.25, 0.3) is 0 Å². The zero-order chi connectivity index (χ0) is 43.2. The van der Waals surface area contributed by atoms with E-state index in [2.05, 4.69) is 28.2 Å². The van der Waals surface area contributed by atoms with Gasteiger partial charge in [0.05, 0.1) is 11.1 Å². The van der Waals surface area contributed by atoms with E-state index in [0.717, 1.165) is 50.6 Å². The average molecular weight is 829 g/mol. The number of hydrogen-bond donors (Lipinski definition) is 6. The molecule has 6 atom stereocenters. The van der Waals surface area contributed by atoms with Crippen molar-refractivity contribution in [2.24, 2.45) is 29.1 Å². The molecule has 0 aliphatic carbocycles. The summed E-state index contributed by atoms with van der Waals surface area (Å²) in [6, 6.07) is 5.98. The summed E-state index contributed by atoms with van der Waals surface area (Å²) in [5.41, 5.74) is -1.04. The van der Waals surface area contributed by atoms with E-state index in [-0.39, 0.29) is 54.5 Å². The van der Waals surface area contributed by atoms with Crippen molar-refractivity contribution in [1.29, 1.82) is 0 Å². The van der Waals surface area contributed by atoms with Gasteiger partial charge in [0.1, 0.15) is 22.5 Å². The highest BCUT2D eigenvalue weighted by Gasteiger charge is 2.42. The Hall–Kier alpha value is -4.24. The van der Waals surface area contributed by atoms with Crippen molar-refractivity contribution < 1.29 is 38.9 Å². The number of carboxylic acids is 1. The summed E-state index contributed by atoms with van der Waals surface area (Å²) in [7, 11) is 1.46. The Morgan fingerprint density at radius 1 is 1.05 bits per heavy atom. The number of aliphatic carboxylic acids is 1. The molecule has 4 amide bonds. The van der Waals surface area contributed by atoms with Crippen LogP contribution in [0.1, 0.15) is 130 Å². The van der Waals surface area contributed by atoms with Gasteiger partial charge in [-0.05, 0) is 89.0 Å². The summed E-state index contributed by atoms with van der Waals surface area (Å²) >= 11 is 1.20. The van der Waals surface area contributed by atoms with E-state index in [1.165, 1.54) is 30.5 Å². The number of phenolic OH excluding ortho intramolecular Hbond substituents is 1. The van der Waals surface area contributed by atoms with Crippen LogP contribution in [0.3, 0.4) is 0 Å². The number of rotatable bonds is 23. The number of aromatic hydroxyl groups is 1. The lowest BCUT2D eigenvalue weighted by molar-refractivity contribution is -0.149. The maximum absolute atomic E-state index is 14.9. The molecular weight excluding hydrogens is 761 g/mol. The number of phenols is 1. The van der Waals surface area contributed by atoms with E-state index < -0.39 is 53.0 Å². The van der Waals surface area contributed by atoms with E-state index in [1.807, 2.05) is 39.5 Å². The van der Waals surface area contributed by atoms with E-state index in [1.54, 1.807) is 31.4 Å². The molecule has 58 heavy (non-hydrogen) atoms. The molecule has 0 radical (unpaired) electrons. The summed E-state index contributed by atoms with van der Waals surface area (Å²) in [4.78, 5) is 74.2. The van der Waals surface area contributed by atoms with Crippen LogP contribution in [0.5, 0.6) is 5.75 Å². The number of carboxylic acid groups (broad SMARTS) is 1. The minimum absolute atomic E-state index is 0.0397. The standard InChI is InChI=1S/C43H68N6O8S/c1-10-12-13-14-22-49(39(53)35(28(5)11-2)37(52)48-43(8)20-15-21-45-43)32(27(3)4)24-33(57-41(56)44-9)38-47-34(26-58-38)46-36(51)30(25-42(6,7)40(54)55)23-29-16-18-31(50)19-17-29/h16-19,26-28,30,32-33,35,45,50H,10-15,20-25H2,1-9H3,(H,44,56)(H,46,51)(H,48,52)(H,54,55)/t28-,30-,32+,33+,35-,43+/m0/s1. The van der Waals surface area contributed by atoms with E-state index in [0.29, 0.717) is 18.0 Å². The van der Waals surface area contributed by atoms with E-state index >= 15 is 0 Å². The third-order valence-electron chi connectivity index (χ3n) is 11.3. The van der Waals surface area contributed by atoms with Crippen LogP contribution < -0.4 is 21.3 Å². The predicted octanol–water partition coefficient (Wildman–Crippen LogP) is 7.25. The Morgan fingerprint density at radius 2 is 1.74 bits per heavy atom. The van der Waals surface area contributed by atoms with Gasteiger partial charge in [0.25, 0.3) is 0 Å². The number of benzene rings is 1. The fourth-order valence-electron chi connectivity index (χ4n) is 7.49. The van der Waals surface area contributed by atoms with Crippen LogP contribution in [0.2, 0.25) is 0 Å². The van der Waals surface area contributed by atoms with E-state index in [4.69, 9.17) is 9.72 Å². The molecule has 1 saturated heterocycles. The molecule has 2 heterocycles. The largest absolute Gasteiger partial charge is 0.508 e. The maximum atomic E-state index is 14.9. The quantitative estimate of drug-likeness (QED) is 0.0490. The average Bonchev–Trinajstić information content (AvgIpc) is 3.82. The second kappa shape index (κ2) is 22.2. The van der Waals surface area contributed by atoms with Gasteiger partial charge in [-0.1, -0.05) is 72.4 Å². The molecule has 324 valence electrons. The van der Waals surface area contributed by atoms with Crippen LogP contribution >= 0.6 is 11.3 Å². The van der Waals surface area contributed by atoms with Gasteiger partial charge in [0.2, 0.25) is 17.7 Å². The number of ether oxygens (including phenoxy) is 1. The lowest BCUT2D eigenvalue weighted by atomic mass is 9.80. The summed E-state index contributed by atoms with van der Waals surface area (Å²) in [6.07, 6.45) is 4.87.